The third kappa shape index (κ3) is 5.20. The molecule has 0 spiro atoms. The molecule has 0 saturated heterocycles. The van der Waals surface area contributed by atoms with Crippen LogP contribution < -0.4 is 21.7 Å². The highest BCUT2D eigenvalue weighted by molar-refractivity contribution is 7.09. The summed E-state index contributed by atoms with van der Waals surface area (Å²) in [6, 6.07) is 7.00. The van der Waals surface area contributed by atoms with Crippen LogP contribution in [0.3, 0.4) is 0 Å². The quantitative estimate of drug-likeness (QED) is 0.501. The summed E-state index contributed by atoms with van der Waals surface area (Å²) in [5, 5.41) is 2.85. The molecule has 3 rings (SSSR count). The third-order valence-corrected chi connectivity index (χ3v) is 5.37. The number of rotatable bonds is 6. The first-order valence-electron chi connectivity index (χ1n) is 9.91. The largest absolute Gasteiger partial charge is 0.464 e. The zero-order valence-electron chi connectivity index (χ0n) is 18.5. The lowest BCUT2D eigenvalue weighted by atomic mass is 10.1. The van der Waals surface area contributed by atoms with Crippen LogP contribution in [-0.2, 0) is 4.79 Å². The highest BCUT2D eigenvalue weighted by Gasteiger charge is 2.38. The standard InChI is InChI=1S/C22H24FN5O4S/c1-11-5-10-14(32-11)17(20(30)26-22(2,3)4)28(13-8-6-12(23)7-9-13)21(31)18-15(24)16(19(25)29)27-33-18/h5-10,17H,24H2,1-4H3,(H2,25,29)(H,26,30)/t17-/m0/s1. The van der Waals surface area contributed by atoms with Crippen molar-refractivity contribution in [3.05, 3.63) is 64.3 Å². The Labute approximate surface area is 193 Å². The van der Waals surface area contributed by atoms with E-state index < -0.39 is 35.1 Å². The molecule has 9 nitrogen and oxygen atoms in total. The zero-order chi connectivity index (χ0) is 24.5. The third-order valence-electron chi connectivity index (χ3n) is 4.51. The number of nitrogen functional groups attached to an aromatic ring is 1. The van der Waals surface area contributed by atoms with E-state index in [2.05, 4.69) is 9.69 Å². The number of halogens is 1. The van der Waals surface area contributed by atoms with Gasteiger partial charge in [0.1, 0.15) is 22.2 Å². The minimum absolute atomic E-state index is 0.0926. The zero-order valence-corrected chi connectivity index (χ0v) is 19.3. The molecule has 1 aromatic carbocycles. The molecule has 2 aromatic heterocycles. The minimum atomic E-state index is -1.27. The number of nitrogens with zero attached hydrogens (tertiary/aromatic N) is 2. The Kier molecular flexibility index (Phi) is 6.54. The van der Waals surface area contributed by atoms with Gasteiger partial charge in [-0.3, -0.25) is 19.3 Å². The van der Waals surface area contributed by atoms with Crippen molar-refractivity contribution in [3.63, 3.8) is 0 Å². The first-order chi connectivity index (χ1) is 15.4. The summed E-state index contributed by atoms with van der Waals surface area (Å²) < 4.78 is 23.3. The molecule has 33 heavy (non-hydrogen) atoms. The van der Waals surface area contributed by atoms with Gasteiger partial charge in [0, 0.05) is 11.2 Å². The summed E-state index contributed by atoms with van der Waals surface area (Å²) >= 11 is 0.678. The van der Waals surface area contributed by atoms with Crippen LogP contribution in [0.2, 0.25) is 0 Å². The van der Waals surface area contributed by atoms with Crippen molar-refractivity contribution in [1.29, 1.82) is 0 Å². The number of hydrogen-bond acceptors (Lipinski definition) is 7. The molecule has 5 N–H and O–H groups in total. The molecule has 3 amide bonds. The average molecular weight is 474 g/mol. The molecule has 0 unspecified atom stereocenters. The molecule has 0 aliphatic carbocycles. The van der Waals surface area contributed by atoms with Gasteiger partial charge in [0.25, 0.3) is 17.7 Å². The first kappa shape index (κ1) is 23.9. The van der Waals surface area contributed by atoms with Crippen molar-refractivity contribution < 1.29 is 23.2 Å². The summed E-state index contributed by atoms with van der Waals surface area (Å²) in [6.07, 6.45) is 0. The number of nitrogens with two attached hydrogens (primary N) is 2. The summed E-state index contributed by atoms with van der Waals surface area (Å²) in [5.41, 5.74) is 10.4. The first-order valence-corrected chi connectivity index (χ1v) is 10.7. The van der Waals surface area contributed by atoms with Crippen molar-refractivity contribution in [2.75, 3.05) is 10.6 Å². The van der Waals surface area contributed by atoms with Crippen molar-refractivity contribution in [2.24, 2.45) is 5.73 Å². The predicted octanol–water partition coefficient (Wildman–Crippen LogP) is 3.17. The smallest absolute Gasteiger partial charge is 0.273 e. The van der Waals surface area contributed by atoms with E-state index in [0.717, 1.165) is 17.0 Å². The van der Waals surface area contributed by atoms with Gasteiger partial charge in [0.15, 0.2) is 11.7 Å². The van der Waals surface area contributed by atoms with Crippen LogP contribution in [0.1, 0.15) is 58.5 Å². The summed E-state index contributed by atoms with van der Waals surface area (Å²) in [7, 11) is 0. The number of amides is 3. The molecule has 3 aromatic rings. The van der Waals surface area contributed by atoms with E-state index in [4.69, 9.17) is 15.9 Å². The maximum atomic E-state index is 13.7. The fourth-order valence-corrected chi connectivity index (χ4v) is 3.88. The van der Waals surface area contributed by atoms with Crippen LogP contribution >= 0.6 is 11.5 Å². The molecule has 2 heterocycles. The number of aryl methyl sites for hydroxylation is 1. The maximum Gasteiger partial charge on any atom is 0.273 e. The minimum Gasteiger partial charge on any atom is -0.464 e. The van der Waals surface area contributed by atoms with Crippen molar-refractivity contribution in [1.82, 2.24) is 9.69 Å². The Morgan fingerprint density at radius 2 is 1.79 bits per heavy atom. The fourth-order valence-electron chi connectivity index (χ4n) is 3.14. The molecule has 0 aliphatic rings. The monoisotopic (exact) mass is 473 g/mol. The number of carbonyl (C=O) groups excluding carboxylic acids is 3. The number of primary amides is 1. The molecule has 0 bridgehead atoms. The Bertz CT molecular complexity index is 1200. The van der Waals surface area contributed by atoms with Crippen molar-refractivity contribution in [3.8, 4) is 0 Å². The van der Waals surface area contributed by atoms with Crippen molar-refractivity contribution >= 4 is 40.6 Å². The highest BCUT2D eigenvalue weighted by Crippen LogP contribution is 2.34. The number of nitrogens with one attached hydrogen (secondary N) is 1. The van der Waals surface area contributed by atoms with E-state index in [0.29, 0.717) is 17.3 Å². The predicted molar refractivity (Wildman–Crippen MR) is 122 cm³/mol. The number of aromatic nitrogens is 1. The van der Waals surface area contributed by atoms with Gasteiger partial charge in [-0.05, 0) is 75.6 Å². The summed E-state index contributed by atoms with van der Waals surface area (Å²) in [4.78, 5) is 39.8. The maximum absolute atomic E-state index is 13.7. The van der Waals surface area contributed by atoms with Gasteiger partial charge in [-0.2, -0.15) is 4.37 Å². The molecule has 11 heteroatoms. The van der Waals surface area contributed by atoms with Crippen LogP contribution in [0, 0.1) is 12.7 Å². The number of benzene rings is 1. The van der Waals surface area contributed by atoms with Crippen LogP contribution in [0.5, 0.6) is 0 Å². The van der Waals surface area contributed by atoms with Crippen LogP contribution in [-0.4, -0.2) is 27.6 Å². The lowest BCUT2D eigenvalue weighted by Gasteiger charge is -2.32. The molecule has 174 valence electrons. The lowest BCUT2D eigenvalue weighted by molar-refractivity contribution is -0.124. The normalized spacial score (nSPS) is 12.3. The summed E-state index contributed by atoms with van der Waals surface area (Å²) in [6.45, 7) is 7.08. The van der Waals surface area contributed by atoms with Gasteiger partial charge in [-0.15, -0.1) is 0 Å². The van der Waals surface area contributed by atoms with Crippen LogP contribution in [0.4, 0.5) is 15.8 Å². The van der Waals surface area contributed by atoms with E-state index in [1.54, 1.807) is 39.8 Å². The number of furan rings is 1. The number of hydrogen-bond donors (Lipinski definition) is 3. The second kappa shape index (κ2) is 9.02. The lowest BCUT2D eigenvalue weighted by Crippen LogP contribution is -2.49. The molecule has 1 atom stereocenters. The van der Waals surface area contributed by atoms with Gasteiger partial charge in [-0.1, -0.05) is 0 Å². The van der Waals surface area contributed by atoms with E-state index >= 15 is 0 Å². The average Bonchev–Trinajstić information content (AvgIpc) is 3.30. The van der Waals surface area contributed by atoms with E-state index in [-0.39, 0.29) is 27.7 Å². The second-order valence-electron chi connectivity index (χ2n) is 8.38. The molecule has 0 saturated carbocycles. The van der Waals surface area contributed by atoms with Gasteiger partial charge >= 0.3 is 0 Å². The number of anilines is 2. The van der Waals surface area contributed by atoms with Crippen molar-refractivity contribution in [2.45, 2.75) is 39.3 Å². The molecule has 0 radical (unpaired) electrons. The Morgan fingerprint density at radius 3 is 2.27 bits per heavy atom. The SMILES string of the molecule is Cc1ccc([C@@H](C(=O)NC(C)(C)C)N(C(=O)c2snc(C(N)=O)c2N)c2ccc(F)cc2)o1. The van der Waals surface area contributed by atoms with E-state index in [1.165, 1.54) is 12.1 Å². The van der Waals surface area contributed by atoms with Gasteiger partial charge < -0.3 is 21.2 Å². The second-order valence-corrected chi connectivity index (χ2v) is 9.15. The van der Waals surface area contributed by atoms with Crippen LogP contribution in [0.25, 0.3) is 0 Å². The topological polar surface area (TPSA) is 145 Å². The summed E-state index contributed by atoms with van der Waals surface area (Å²) in [5.74, 6) is -1.97. The fraction of sp³-hybridized carbons (Fsp3) is 0.273. The van der Waals surface area contributed by atoms with E-state index in [9.17, 15) is 18.8 Å². The molecule has 0 aliphatic heterocycles. The Morgan fingerprint density at radius 1 is 1.15 bits per heavy atom. The van der Waals surface area contributed by atoms with Crippen LogP contribution in [0.15, 0.2) is 40.8 Å². The van der Waals surface area contributed by atoms with Gasteiger partial charge in [0.2, 0.25) is 0 Å². The number of carbonyl (C=O) groups is 3. The highest BCUT2D eigenvalue weighted by atomic mass is 32.1. The van der Waals surface area contributed by atoms with Gasteiger partial charge in [-0.25, -0.2) is 4.39 Å². The molecular weight excluding hydrogens is 449 g/mol. The molecular formula is C22H24FN5O4S. The van der Waals surface area contributed by atoms with Gasteiger partial charge in [0.05, 0.1) is 5.69 Å². The Hall–Kier alpha value is -3.73. The molecule has 0 fully saturated rings. The Balaban J connectivity index is 2.20. The van der Waals surface area contributed by atoms with E-state index in [1.807, 2.05) is 0 Å².